The molecule has 3 nitrogen and oxygen atoms in total. The van der Waals surface area contributed by atoms with E-state index >= 15 is 0 Å². The fourth-order valence-corrected chi connectivity index (χ4v) is 2.63. The van der Waals surface area contributed by atoms with E-state index in [2.05, 4.69) is 34.6 Å². The Morgan fingerprint density at radius 2 is 2.17 bits per heavy atom. The zero-order valence-corrected chi connectivity index (χ0v) is 13.0. The minimum atomic E-state index is -0.0211. The van der Waals surface area contributed by atoms with Gasteiger partial charge in [0.2, 0.25) is 0 Å². The molecule has 0 radical (unpaired) electrons. The average molecular weight is 376 g/mol. The largest absolute Gasteiger partial charge is 0.326 e. The molecule has 0 aliphatic rings. The number of aromatic nitrogens is 2. The van der Waals surface area contributed by atoms with E-state index in [9.17, 15) is 0 Å². The predicted octanol–water partition coefficient (Wildman–Crippen LogP) is 3.47. The highest BCUT2D eigenvalue weighted by molar-refractivity contribution is 14.1. The second-order valence-corrected chi connectivity index (χ2v) is 5.83. The molecule has 0 saturated heterocycles. The normalized spacial score (nSPS) is 14.4. The molecule has 0 fully saturated rings. The zero-order chi connectivity index (χ0) is 13.1. The van der Waals surface area contributed by atoms with Crippen molar-refractivity contribution in [2.24, 2.45) is 5.73 Å². The Morgan fingerprint density at radius 3 is 2.72 bits per heavy atom. The molecule has 1 aromatic carbocycles. The molecule has 2 rings (SSSR count). The van der Waals surface area contributed by atoms with Crippen LogP contribution >= 0.6 is 34.2 Å². The third kappa shape index (κ3) is 2.87. The first kappa shape index (κ1) is 13.8. The molecular formula is C13H15ClIN3. The van der Waals surface area contributed by atoms with E-state index in [1.807, 2.05) is 41.3 Å². The van der Waals surface area contributed by atoms with Gasteiger partial charge in [0.25, 0.3) is 0 Å². The number of hydrogen-bond donors (Lipinski definition) is 1. The monoisotopic (exact) mass is 375 g/mol. The molecule has 0 aliphatic heterocycles. The van der Waals surface area contributed by atoms with Crippen molar-refractivity contribution in [1.82, 2.24) is 9.78 Å². The van der Waals surface area contributed by atoms with Gasteiger partial charge in [0, 0.05) is 17.3 Å². The van der Waals surface area contributed by atoms with Gasteiger partial charge in [-0.05, 0) is 40.6 Å². The van der Waals surface area contributed by atoms with Crippen LogP contribution in [0.5, 0.6) is 0 Å². The lowest BCUT2D eigenvalue weighted by molar-refractivity contribution is 0.424. The fourth-order valence-electron chi connectivity index (χ4n) is 1.97. The summed E-state index contributed by atoms with van der Waals surface area (Å²) < 4.78 is 2.99. The molecule has 2 atom stereocenters. The molecular weight excluding hydrogens is 361 g/mol. The lowest BCUT2D eigenvalue weighted by atomic mass is 9.98. The van der Waals surface area contributed by atoms with Crippen molar-refractivity contribution in [2.45, 2.75) is 25.4 Å². The van der Waals surface area contributed by atoms with Gasteiger partial charge in [-0.3, -0.25) is 4.68 Å². The minimum Gasteiger partial charge on any atom is -0.326 e. The van der Waals surface area contributed by atoms with E-state index in [1.54, 1.807) is 0 Å². The van der Waals surface area contributed by atoms with E-state index in [4.69, 9.17) is 17.3 Å². The molecule has 2 N–H and O–H groups in total. The summed E-state index contributed by atoms with van der Waals surface area (Å²) in [5, 5.41) is 5.11. The van der Waals surface area contributed by atoms with Crippen molar-refractivity contribution in [3.63, 3.8) is 0 Å². The maximum Gasteiger partial charge on any atom is 0.0933 e. The van der Waals surface area contributed by atoms with Crippen LogP contribution in [0.25, 0.3) is 0 Å². The van der Waals surface area contributed by atoms with Crippen LogP contribution in [0, 0.1) is 3.57 Å². The Labute approximate surface area is 125 Å². The van der Waals surface area contributed by atoms with Gasteiger partial charge >= 0.3 is 0 Å². The van der Waals surface area contributed by atoms with E-state index in [-0.39, 0.29) is 12.1 Å². The molecule has 96 valence electrons. The molecule has 2 unspecified atom stereocenters. The Morgan fingerprint density at radius 1 is 1.44 bits per heavy atom. The summed E-state index contributed by atoms with van der Waals surface area (Å²) in [7, 11) is 0. The summed E-state index contributed by atoms with van der Waals surface area (Å²) in [5.41, 5.74) is 7.26. The van der Waals surface area contributed by atoms with Crippen LogP contribution in [-0.2, 0) is 0 Å². The Hall–Kier alpha value is -0.590. The van der Waals surface area contributed by atoms with E-state index in [0.29, 0.717) is 0 Å². The van der Waals surface area contributed by atoms with Gasteiger partial charge in [0.1, 0.15) is 0 Å². The van der Waals surface area contributed by atoms with Gasteiger partial charge in [-0.1, -0.05) is 36.7 Å². The van der Waals surface area contributed by atoms with Crippen LogP contribution in [0.15, 0.2) is 36.7 Å². The molecule has 0 aliphatic carbocycles. The molecule has 1 aromatic heterocycles. The average Bonchev–Trinajstić information content (AvgIpc) is 2.78. The maximum atomic E-state index is 6.28. The minimum absolute atomic E-state index is 0.0133. The molecule has 0 saturated carbocycles. The summed E-state index contributed by atoms with van der Waals surface area (Å²) in [5.74, 6) is 0. The molecule has 1 heterocycles. The predicted molar refractivity (Wildman–Crippen MR) is 82.8 cm³/mol. The first-order chi connectivity index (χ1) is 8.63. The number of nitrogens with two attached hydrogens (primary N) is 1. The second-order valence-electron chi connectivity index (χ2n) is 4.18. The van der Waals surface area contributed by atoms with Gasteiger partial charge in [-0.15, -0.1) is 0 Å². The highest BCUT2D eigenvalue weighted by Crippen LogP contribution is 2.28. The third-order valence-corrected chi connectivity index (χ3v) is 3.86. The number of benzene rings is 1. The summed E-state index contributed by atoms with van der Waals surface area (Å²) >= 11 is 8.52. The summed E-state index contributed by atoms with van der Waals surface area (Å²) in [6.45, 7) is 2.07. The van der Waals surface area contributed by atoms with E-state index in [0.717, 1.165) is 20.6 Å². The van der Waals surface area contributed by atoms with Crippen molar-refractivity contribution < 1.29 is 0 Å². The number of rotatable bonds is 4. The van der Waals surface area contributed by atoms with E-state index < -0.39 is 0 Å². The van der Waals surface area contributed by atoms with Crippen LogP contribution in [-0.4, -0.2) is 15.8 Å². The van der Waals surface area contributed by atoms with Crippen molar-refractivity contribution >= 4 is 34.2 Å². The molecule has 0 bridgehead atoms. The van der Waals surface area contributed by atoms with Gasteiger partial charge in [0.15, 0.2) is 0 Å². The molecule has 0 spiro atoms. The van der Waals surface area contributed by atoms with E-state index in [1.165, 1.54) is 0 Å². The summed E-state index contributed by atoms with van der Waals surface area (Å²) in [6, 6.07) is 7.77. The van der Waals surface area contributed by atoms with Gasteiger partial charge in [-0.2, -0.15) is 5.10 Å². The van der Waals surface area contributed by atoms with Crippen molar-refractivity contribution in [3.8, 4) is 0 Å². The van der Waals surface area contributed by atoms with Crippen LogP contribution < -0.4 is 5.73 Å². The second kappa shape index (κ2) is 6.04. The number of nitrogens with zero attached hydrogens (tertiary/aromatic N) is 2. The SMILES string of the molecule is CCC(N)C(c1ccccc1Cl)n1cc(I)cn1. The van der Waals surface area contributed by atoms with Crippen LogP contribution in [0.4, 0.5) is 0 Å². The third-order valence-electron chi connectivity index (χ3n) is 2.96. The lowest BCUT2D eigenvalue weighted by Crippen LogP contribution is -2.33. The fraction of sp³-hybridized carbons (Fsp3) is 0.308. The van der Waals surface area contributed by atoms with Crippen molar-refractivity contribution in [3.05, 3.63) is 50.8 Å². The smallest absolute Gasteiger partial charge is 0.0933 e. The first-order valence-corrected chi connectivity index (χ1v) is 7.28. The van der Waals surface area contributed by atoms with Crippen LogP contribution in [0.2, 0.25) is 5.02 Å². The summed E-state index contributed by atoms with van der Waals surface area (Å²) in [6.07, 6.45) is 4.68. The lowest BCUT2D eigenvalue weighted by Gasteiger charge is -2.24. The molecule has 2 aromatic rings. The molecule has 5 heteroatoms. The zero-order valence-electron chi connectivity index (χ0n) is 10.1. The topological polar surface area (TPSA) is 43.8 Å². The van der Waals surface area contributed by atoms with Crippen LogP contribution in [0.1, 0.15) is 24.9 Å². The van der Waals surface area contributed by atoms with Crippen molar-refractivity contribution in [1.29, 1.82) is 0 Å². The molecule has 18 heavy (non-hydrogen) atoms. The van der Waals surface area contributed by atoms with Gasteiger partial charge in [-0.25, -0.2) is 0 Å². The first-order valence-electron chi connectivity index (χ1n) is 5.83. The Bertz CT molecular complexity index is 526. The van der Waals surface area contributed by atoms with Gasteiger partial charge < -0.3 is 5.73 Å². The highest BCUT2D eigenvalue weighted by atomic mass is 127. The standard InChI is InChI=1S/C13H15ClIN3/c1-2-12(16)13(18-8-9(15)7-17-18)10-5-3-4-6-11(10)14/h3-8,12-13H,2,16H2,1H3. The number of halogens is 2. The quantitative estimate of drug-likeness (QED) is 0.832. The molecule has 0 amide bonds. The number of hydrogen-bond acceptors (Lipinski definition) is 2. The maximum absolute atomic E-state index is 6.28. The van der Waals surface area contributed by atoms with Crippen molar-refractivity contribution in [2.75, 3.05) is 0 Å². The highest BCUT2D eigenvalue weighted by Gasteiger charge is 2.23. The van der Waals surface area contributed by atoms with Crippen LogP contribution in [0.3, 0.4) is 0 Å². The van der Waals surface area contributed by atoms with Gasteiger partial charge in [0.05, 0.1) is 15.8 Å². The Kier molecular flexibility index (Phi) is 4.64. The summed E-state index contributed by atoms with van der Waals surface area (Å²) in [4.78, 5) is 0. The Balaban J connectivity index is 2.47.